The Morgan fingerprint density at radius 1 is 0.252 bits per heavy atom. The summed E-state index contributed by atoms with van der Waals surface area (Å²) in [5, 5.41) is 54.3. The molecule has 0 aromatic rings. The van der Waals surface area contributed by atoms with Crippen molar-refractivity contribution in [2.75, 3.05) is 39.3 Å². The fourth-order valence-electron chi connectivity index (χ4n) is 31.3. The van der Waals surface area contributed by atoms with Crippen LogP contribution in [0.4, 0.5) is 0 Å². The molecule has 0 radical (unpaired) electrons. The molecule has 2 amide bonds. The van der Waals surface area contributed by atoms with Gasteiger partial charge >= 0.3 is 35.8 Å². The van der Waals surface area contributed by atoms with Crippen LogP contribution in [-0.2, 0) is 203 Å². The van der Waals surface area contributed by atoms with E-state index in [4.69, 9.17) is 126 Å². The number of aliphatic carboxylic acids is 6. The summed E-state index contributed by atoms with van der Waals surface area (Å²) in [7, 11) is 0. The van der Waals surface area contributed by atoms with Crippen LogP contribution in [0.1, 0.15) is 279 Å². The zero-order valence-electron chi connectivity index (χ0n) is 88.3. The number of nitrogens with zero attached hydrogens (tertiary/aromatic N) is 6. The Morgan fingerprint density at radius 2 is 0.435 bits per heavy atom. The molecule has 42 atom stereocenters. The van der Waals surface area contributed by atoms with Gasteiger partial charge in [-0.15, -0.1) is 0 Å². The summed E-state index contributed by atoms with van der Waals surface area (Å²) in [5.41, 5.74) is -4.05. The average Bonchev–Trinajstić information content (AvgIpc) is 1.63. The molecule has 42 nitrogen and oxygen atoms in total. The van der Waals surface area contributed by atoms with Gasteiger partial charge in [-0.1, -0.05) is 83.1 Å². The van der Waals surface area contributed by atoms with Crippen LogP contribution >= 0.6 is 0 Å². The second-order valence-electron chi connectivity index (χ2n) is 47.6. The number of carbonyl (C=O) groups excluding carboxylic acids is 2. The molecule has 0 aromatic heterocycles. The minimum Gasteiger partial charge on any atom is -0.480 e. The van der Waals surface area contributed by atoms with Crippen LogP contribution in [0.5, 0.6) is 0 Å². The van der Waals surface area contributed by atoms with Crippen molar-refractivity contribution in [3.05, 3.63) is 0 Å². The summed E-state index contributed by atoms with van der Waals surface area (Å²) in [4.78, 5) is 182. The van der Waals surface area contributed by atoms with Crippen molar-refractivity contribution in [1.82, 2.24) is 9.80 Å². The minimum absolute atomic E-state index is 0. The first kappa shape index (κ1) is 114. The number of aliphatic imine (C=N–C) groups is 4. The van der Waals surface area contributed by atoms with Gasteiger partial charge in [-0.25, -0.2) is 78.6 Å². The predicted molar refractivity (Wildman–Crippen MR) is 495 cm³/mol. The van der Waals surface area contributed by atoms with Crippen LogP contribution in [0.15, 0.2) is 20.0 Å². The molecule has 6 N–H and O–H groups in total. The first-order valence-electron chi connectivity index (χ1n) is 53.0. The third-order valence-corrected chi connectivity index (χ3v) is 38.8. The minimum atomic E-state index is -1.04. The number of rotatable bonds is 12. The number of carbonyl (C=O) groups is 8. The maximum atomic E-state index is 12.9. The van der Waals surface area contributed by atoms with Crippen molar-refractivity contribution in [2.24, 2.45) is 162 Å². The summed E-state index contributed by atoms with van der Waals surface area (Å²) in [6.07, 6.45) is 18.4. The van der Waals surface area contributed by atoms with Crippen LogP contribution < -0.4 is 0 Å². The SMILES string of the molecule is C[C@@H]1CCC2[C@@H](C)C(=NCC(=O)O)O[C@@H]3O[C@]4(C)CCC1C23OO4.C[C@@H]1CCC2[C@@H](C)C(=NCC(=O)O)O[C@@H]3O[C@]4(C)CCC1C23OO4.C[C@@H]1CCC2[C@@H](C)C(=NCC(=O)O)O[C@@H]3O[C@]4(C)CCC1C23OO4.C[C@@H]1CCC2[C@@H](C)C(=NCC(=O)O)O[C@@H]3O[C@]4(C)CCC1C23OO4.C[C@@H]1CCC2[C@@H](C)C(=O)N(CC(=O)O)C3O[C@]4(C)CCC1C23OO4.C[C@@H]1CCC2[C@@H](C)C(=O)N(CC(=O)O)C3O[C@]4(C)CCC1C23OO4.[Zn].[Zn].[Zn]. The zero-order valence-corrected chi connectivity index (χ0v) is 97.2. The Kier molecular flexibility index (Phi) is 33.0. The van der Waals surface area contributed by atoms with Crippen LogP contribution in [0.25, 0.3) is 0 Å². The molecule has 24 aliphatic heterocycles. The largest absolute Gasteiger partial charge is 0.480 e. The maximum Gasteiger partial charge on any atom is 0.325 e. The van der Waals surface area contributed by atoms with E-state index in [9.17, 15) is 48.6 Å². The van der Waals surface area contributed by atoms with E-state index in [1.807, 2.05) is 69.2 Å². The van der Waals surface area contributed by atoms with Crippen molar-refractivity contribution in [3.63, 3.8) is 0 Å². The van der Waals surface area contributed by atoms with Gasteiger partial charge in [0.05, 0.1) is 0 Å². The monoisotopic (exact) mass is 2230 g/mol. The van der Waals surface area contributed by atoms with Gasteiger partial charge in [0, 0.05) is 192 Å². The Labute approximate surface area is 894 Å². The van der Waals surface area contributed by atoms with Crippen molar-refractivity contribution in [2.45, 2.75) is 385 Å². The third kappa shape index (κ3) is 19.5. The topological polar surface area (TPSA) is 517 Å². The van der Waals surface area contributed by atoms with E-state index < -0.39 is 142 Å². The second kappa shape index (κ2) is 42.4. The summed E-state index contributed by atoms with van der Waals surface area (Å²) < 4.78 is 61.3. The predicted octanol–water partition coefficient (Wildman–Crippen LogP) is 12.9. The number of hydrogen-bond acceptors (Lipinski definition) is 34. The molecule has 24 saturated heterocycles. The van der Waals surface area contributed by atoms with Gasteiger partial charge in [0.15, 0.2) is 69.7 Å². The van der Waals surface area contributed by atoms with E-state index in [0.29, 0.717) is 95.6 Å². The molecule has 810 valence electrons. The summed E-state index contributed by atoms with van der Waals surface area (Å²) in [6.45, 7) is 34.5. The molecule has 6 aliphatic carbocycles. The Balaban J connectivity index is 0.000000126. The van der Waals surface area contributed by atoms with E-state index in [-0.39, 0.29) is 192 Å². The van der Waals surface area contributed by atoms with Gasteiger partial charge < -0.3 is 87.8 Å². The number of ether oxygens (including phenoxy) is 10. The van der Waals surface area contributed by atoms with E-state index in [2.05, 4.69) is 61.5 Å². The first-order valence-corrected chi connectivity index (χ1v) is 53.0. The van der Waals surface area contributed by atoms with Crippen LogP contribution in [0.2, 0.25) is 0 Å². The molecule has 12 bridgehead atoms. The van der Waals surface area contributed by atoms with Crippen molar-refractivity contribution >= 4 is 71.2 Å². The molecule has 24 heterocycles. The van der Waals surface area contributed by atoms with Gasteiger partial charge in [0.25, 0.3) is 0 Å². The first-order chi connectivity index (χ1) is 68.0. The molecule has 30 fully saturated rings. The molecule has 20 unspecified atom stereocenters. The third-order valence-electron chi connectivity index (χ3n) is 38.8. The molecule has 0 aromatic carbocycles. The number of piperidine rings is 2. The number of amides is 2. The molecule has 6 spiro atoms. The van der Waals surface area contributed by atoms with Crippen LogP contribution in [0.3, 0.4) is 0 Å². The molecular weight excluding hydrogens is 2080 g/mol. The normalized spacial score (nSPS) is 50.2. The summed E-state index contributed by atoms with van der Waals surface area (Å²) in [6, 6.07) is 0. The smallest absolute Gasteiger partial charge is 0.325 e. The van der Waals surface area contributed by atoms with Gasteiger partial charge in [0.2, 0.25) is 71.7 Å². The summed E-state index contributed by atoms with van der Waals surface area (Å²) in [5.74, 6) is -5.28. The van der Waals surface area contributed by atoms with Crippen molar-refractivity contribution < 1.29 is 233 Å². The standard InChI is InChI=1S/6C17H25NO6.3Zn/c4*1-9-4-5-12-10(2)14(18-8-13(19)20)21-15-17(12)11(9)6-7-16(3,22-15)23-24-17;2*1-9-4-5-12-10(2)14(21)18(8-13(19)20)15-17(12)11(9)6-7-16(3,22-15)23-24-17;;;/h6*9-12,15H,4-8H2,1-3H3,(H,19,20);;;/t4*9-,10-,11?,12?,15-,16+,17?;2*9-,10-,11?,12?,15?,16+,17?;;;/m111111.../s1. The maximum absolute atomic E-state index is 12.9. The van der Waals surface area contributed by atoms with E-state index in [1.165, 1.54) is 9.80 Å². The second-order valence-corrected chi connectivity index (χ2v) is 47.6. The van der Waals surface area contributed by atoms with Gasteiger partial charge in [-0.3, -0.25) is 38.4 Å². The quantitative estimate of drug-likeness (QED) is 0.0780. The van der Waals surface area contributed by atoms with Crippen LogP contribution in [0, 0.1) is 142 Å². The molecule has 6 saturated carbocycles. The molecule has 30 rings (SSSR count). The van der Waals surface area contributed by atoms with Crippen LogP contribution in [-0.4, -0.2) is 257 Å². The average molecular weight is 2230 g/mol. The number of fused-ring (bicyclic) bond motifs is 12. The zero-order chi connectivity index (χ0) is 103. The fraction of sp³-hybridized carbons (Fsp3) is 0.882. The molecule has 147 heavy (non-hydrogen) atoms. The fourth-order valence-corrected chi connectivity index (χ4v) is 31.3. The number of hydrogen-bond donors (Lipinski definition) is 6. The summed E-state index contributed by atoms with van der Waals surface area (Å²) >= 11 is 0. The van der Waals surface area contributed by atoms with Gasteiger partial charge in [-0.2, -0.15) is 0 Å². The van der Waals surface area contributed by atoms with Gasteiger partial charge in [-0.05, 0) is 204 Å². The number of carboxylic acid groups (broad SMARTS) is 6. The van der Waals surface area contributed by atoms with E-state index >= 15 is 0 Å². The molecular formula is C102H150N6O36Zn3. The Morgan fingerprint density at radius 3 is 0.633 bits per heavy atom. The van der Waals surface area contributed by atoms with E-state index in [1.54, 1.807) is 13.8 Å². The van der Waals surface area contributed by atoms with Crippen molar-refractivity contribution in [3.8, 4) is 0 Å². The Bertz CT molecular complexity index is 4550. The van der Waals surface area contributed by atoms with E-state index in [0.717, 1.165) is 141 Å². The van der Waals surface area contributed by atoms with Gasteiger partial charge in [0.1, 0.15) is 39.3 Å². The Hall–Kier alpha value is -5.21. The van der Waals surface area contributed by atoms with Crippen molar-refractivity contribution in [1.29, 1.82) is 0 Å². The molecule has 45 heteroatoms. The molecule has 30 aliphatic rings. The number of carboxylic acids is 6. The number of likely N-dealkylation sites (tertiary alicyclic amines) is 2.